The van der Waals surface area contributed by atoms with Crippen molar-refractivity contribution in [3.05, 3.63) is 72.1 Å². The summed E-state index contributed by atoms with van der Waals surface area (Å²) >= 11 is 0. The molecular formula is C20H16N2. The molecule has 0 aliphatic carbocycles. The molecule has 0 N–H and O–H groups in total. The van der Waals surface area contributed by atoms with Crippen LogP contribution < -0.4 is 0 Å². The van der Waals surface area contributed by atoms with E-state index in [2.05, 4.69) is 71.9 Å². The molecule has 0 spiro atoms. The summed E-state index contributed by atoms with van der Waals surface area (Å²) in [6.07, 6.45) is 3.91. The maximum atomic E-state index is 4.38. The lowest BCUT2D eigenvalue weighted by Crippen LogP contribution is -2.26. The molecule has 2 nitrogen and oxygen atoms in total. The summed E-state index contributed by atoms with van der Waals surface area (Å²) < 4.78 is 2.41. The van der Waals surface area contributed by atoms with Gasteiger partial charge in [0.2, 0.25) is 0 Å². The first-order chi connectivity index (χ1) is 10.7. The fourth-order valence-corrected chi connectivity index (χ4v) is 3.98. The van der Waals surface area contributed by atoms with Crippen LogP contribution in [0.3, 0.4) is 0 Å². The van der Waals surface area contributed by atoms with Gasteiger partial charge in [-0.1, -0.05) is 50.2 Å². The van der Waals surface area contributed by atoms with E-state index in [-0.39, 0.29) is 5.41 Å². The summed E-state index contributed by atoms with van der Waals surface area (Å²) in [5.41, 5.74) is 6.50. The number of rotatable bonds is 0. The Kier molecular flexibility index (Phi) is 2.06. The van der Waals surface area contributed by atoms with Crippen molar-refractivity contribution in [1.82, 2.24) is 9.55 Å². The van der Waals surface area contributed by atoms with Crippen molar-refractivity contribution < 1.29 is 0 Å². The molecule has 0 fully saturated rings. The standard InChI is InChI=1S/C20H16N2/c1-20(2)15-8-5-7-14-13-6-3-4-9-17(13)22(19(14)15)18-10-11-21-12-16(18)20/h3-12H,1-2H3. The number of hydrogen-bond donors (Lipinski definition) is 0. The number of fused-ring (bicyclic) bond motifs is 5. The van der Waals surface area contributed by atoms with Gasteiger partial charge in [-0.15, -0.1) is 0 Å². The molecule has 2 aromatic carbocycles. The average Bonchev–Trinajstić information content (AvgIpc) is 2.88. The zero-order valence-electron chi connectivity index (χ0n) is 12.7. The van der Waals surface area contributed by atoms with Crippen LogP contribution in [0, 0.1) is 0 Å². The molecule has 0 amide bonds. The minimum absolute atomic E-state index is 0.0342. The highest BCUT2D eigenvalue weighted by Gasteiger charge is 2.34. The number of pyridine rings is 1. The highest BCUT2D eigenvalue weighted by Crippen LogP contribution is 2.46. The van der Waals surface area contributed by atoms with Crippen LogP contribution in [0.25, 0.3) is 27.5 Å². The van der Waals surface area contributed by atoms with E-state index in [4.69, 9.17) is 0 Å². The second kappa shape index (κ2) is 3.77. The van der Waals surface area contributed by atoms with Crippen LogP contribution in [0.2, 0.25) is 0 Å². The van der Waals surface area contributed by atoms with Crippen molar-refractivity contribution in [3.63, 3.8) is 0 Å². The maximum absolute atomic E-state index is 4.38. The zero-order chi connectivity index (χ0) is 14.9. The van der Waals surface area contributed by atoms with E-state index in [9.17, 15) is 0 Å². The van der Waals surface area contributed by atoms with Gasteiger partial charge in [-0.05, 0) is 17.7 Å². The van der Waals surface area contributed by atoms with Crippen LogP contribution in [0.15, 0.2) is 60.9 Å². The van der Waals surface area contributed by atoms with Gasteiger partial charge in [-0.3, -0.25) is 4.98 Å². The zero-order valence-corrected chi connectivity index (χ0v) is 12.7. The van der Waals surface area contributed by atoms with E-state index in [1.165, 1.54) is 38.6 Å². The third-order valence-corrected chi connectivity index (χ3v) is 5.08. The van der Waals surface area contributed by atoms with E-state index in [1.807, 2.05) is 12.4 Å². The molecular weight excluding hydrogens is 268 g/mol. The Morgan fingerprint density at radius 3 is 2.59 bits per heavy atom. The third-order valence-electron chi connectivity index (χ3n) is 5.08. The van der Waals surface area contributed by atoms with Crippen molar-refractivity contribution >= 4 is 21.8 Å². The number of aromatic nitrogens is 2. The van der Waals surface area contributed by atoms with E-state index in [1.54, 1.807) is 0 Å². The smallest absolute Gasteiger partial charge is 0.0582 e. The molecule has 0 saturated carbocycles. The summed E-state index contributed by atoms with van der Waals surface area (Å²) in [5, 5.41) is 2.66. The summed E-state index contributed by atoms with van der Waals surface area (Å²) in [7, 11) is 0. The maximum Gasteiger partial charge on any atom is 0.0582 e. The van der Waals surface area contributed by atoms with Crippen molar-refractivity contribution in [2.75, 3.05) is 0 Å². The van der Waals surface area contributed by atoms with E-state index < -0.39 is 0 Å². The predicted molar refractivity (Wildman–Crippen MR) is 90.7 cm³/mol. The number of hydrogen-bond acceptors (Lipinski definition) is 1. The van der Waals surface area contributed by atoms with Gasteiger partial charge >= 0.3 is 0 Å². The molecule has 3 heterocycles. The summed E-state index contributed by atoms with van der Waals surface area (Å²) in [5.74, 6) is 0. The quantitative estimate of drug-likeness (QED) is 0.453. The summed E-state index contributed by atoms with van der Waals surface area (Å²) in [6.45, 7) is 4.59. The molecule has 22 heavy (non-hydrogen) atoms. The first kappa shape index (κ1) is 12.0. The SMILES string of the molecule is CC1(C)c2cnccc2-n2c3ccccc3c3cccc1c32. The van der Waals surface area contributed by atoms with Crippen molar-refractivity contribution in [2.24, 2.45) is 0 Å². The van der Waals surface area contributed by atoms with Gasteiger partial charge in [0.15, 0.2) is 0 Å². The highest BCUT2D eigenvalue weighted by atomic mass is 15.0. The fourth-order valence-electron chi connectivity index (χ4n) is 3.98. The van der Waals surface area contributed by atoms with Gasteiger partial charge < -0.3 is 4.57 Å². The Balaban J connectivity index is 2.15. The summed E-state index contributed by atoms with van der Waals surface area (Å²) in [6, 6.07) is 17.5. The number of benzene rings is 2. The van der Waals surface area contributed by atoms with Crippen LogP contribution in [0.5, 0.6) is 0 Å². The van der Waals surface area contributed by atoms with Gasteiger partial charge in [0.1, 0.15) is 0 Å². The Labute approximate surface area is 129 Å². The van der Waals surface area contributed by atoms with E-state index in [0.717, 1.165) is 0 Å². The van der Waals surface area contributed by atoms with Crippen molar-refractivity contribution in [3.8, 4) is 5.69 Å². The Bertz CT molecular complexity index is 1050. The number of nitrogens with zero attached hydrogens (tertiary/aromatic N) is 2. The van der Waals surface area contributed by atoms with Gasteiger partial charge in [-0.25, -0.2) is 0 Å². The van der Waals surface area contributed by atoms with Crippen LogP contribution in [0.4, 0.5) is 0 Å². The minimum atomic E-state index is -0.0342. The van der Waals surface area contributed by atoms with Crippen molar-refractivity contribution in [1.29, 1.82) is 0 Å². The molecule has 0 bridgehead atoms. The van der Waals surface area contributed by atoms with E-state index >= 15 is 0 Å². The molecule has 1 aliphatic heterocycles. The van der Waals surface area contributed by atoms with Crippen LogP contribution in [-0.2, 0) is 5.41 Å². The first-order valence-corrected chi connectivity index (χ1v) is 7.67. The molecule has 2 aromatic heterocycles. The second-order valence-corrected chi connectivity index (χ2v) is 6.57. The highest BCUT2D eigenvalue weighted by molar-refractivity contribution is 6.11. The molecule has 0 atom stereocenters. The molecule has 0 radical (unpaired) electrons. The average molecular weight is 284 g/mol. The van der Waals surface area contributed by atoms with Crippen LogP contribution in [-0.4, -0.2) is 9.55 Å². The largest absolute Gasteiger partial charge is 0.309 e. The minimum Gasteiger partial charge on any atom is -0.309 e. The van der Waals surface area contributed by atoms with Crippen LogP contribution in [0.1, 0.15) is 25.0 Å². The fraction of sp³-hybridized carbons (Fsp3) is 0.150. The lowest BCUT2D eigenvalue weighted by Gasteiger charge is -2.34. The van der Waals surface area contributed by atoms with Gasteiger partial charge in [-0.2, -0.15) is 0 Å². The molecule has 106 valence electrons. The molecule has 5 rings (SSSR count). The van der Waals surface area contributed by atoms with E-state index in [0.29, 0.717) is 0 Å². The molecule has 4 aromatic rings. The monoisotopic (exact) mass is 284 g/mol. The van der Waals surface area contributed by atoms with Gasteiger partial charge in [0, 0.05) is 34.1 Å². The van der Waals surface area contributed by atoms with Crippen LogP contribution >= 0.6 is 0 Å². The Morgan fingerprint density at radius 2 is 1.68 bits per heavy atom. The molecule has 2 heteroatoms. The summed E-state index contributed by atoms with van der Waals surface area (Å²) in [4.78, 5) is 4.38. The lowest BCUT2D eigenvalue weighted by molar-refractivity contribution is 0.626. The topological polar surface area (TPSA) is 17.8 Å². The van der Waals surface area contributed by atoms with Crippen molar-refractivity contribution in [2.45, 2.75) is 19.3 Å². The normalized spacial score (nSPS) is 15.2. The Hall–Kier alpha value is -2.61. The number of para-hydroxylation sites is 2. The predicted octanol–water partition coefficient (Wildman–Crippen LogP) is 4.82. The molecule has 0 saturated heterocycles. The second-order valence-electron chi connectivity index (χ2n) is 6.57. The molecule has 1 aliphatic rings. The molecule has 0 unspecified atom stereocenters. The van der Waals surface area contributed by atoms with Gasteiger partial charge in [0.05, 0.1) is 16.7 Å². The Morgan fingerprint density at radius 1 is 0.864 bits per heavy atom. The lowest BCUT2D eigenvalue weighted by atomic mass is 9.75. The first-order valence-electron chi connectivity index (χ1n) is 7.67. The third kappa shape index (κ3) is 1.24. The van der Waals surface area contributed by atoms with Gasteiger partial charge in [0.25, 0.3) is 0 Å².